The number of carbonyl (C=O) groups excluding carboxylic acids is 1. The summed E-state index contributed by atoms with van der Waals surface area (Å²) in [6, 6.07) is 6.38. The number of amides is 1. The van der Waals surface area contributed by atoms with Crippen molar-refractivity contribution in [1.82, 2.24) is 14.7 Å². The number of benzene rings is 1. The fourth-order valence-electron chi connectivity index (χ4n) is 4.02. The lowest BCUT2D eigenvalue weighted by Gasteiger charge is -2.35. The summed E-state index contributed by atoms with van der Waals surface area (Å²) in [5.41, 5.74) is 0.622. The molecule has 2 aromatic rings. The molecule has 24 heavy (non-hydrogen) atoms. The quantitative estimate of drug-likeness (QED) is 0.866. The summed E-state index contributed by atoms with van der Waals surface area (Å²) in [5.74, 6) is 0.864. The van der Waals surface area contributed by atoms with Crippen LogP contribution in [0, 0.1) is 11.7 Å². The summed E-state index contributed by atoms with van der Waals surface area (Å²) in [4.78, 5) is 14.9. The largest absolute Gasteiger partial charge is 0.491 e. The Bertz CT molecular complexity index is 743. The van der Waals surface area contributed by atoms with E-state index in [1.807, 2.05) is 11.9 Å². The Hall–Kier alpha value is -2.37. The van der Waals surface area contributed by atoms with Crippen LogP contribution < -0.4 is 4.74 Å². The van der Waals surface area contributed by atoms with Crippen LogP contribution >= 0.6 is 0 Å². The van der Waals surface area contributed by atoms with E-state index in [1.54, 1.807) is 29.2 Å². The Morgan fingerprint density at radius 1 is 1.33 bits per heavy atom. The van der Waals surface area contributed by atoms with E-state index >= 15 is 0 Å². The molecule has 1 aromatic carbocycles. The summed E-state index contributed by atoms with van der Waals surface area (Å²) in [6.07, 6.45) is 6.62. The minimum atomic E-state index is -0.282. The molecule has 3 atom stereocenters. The van der Waals surface area contributed by atoms with Crippen molar-refractivity contribution in [1.29, 1.82) is 0 Å². The monoisotopic (exact) mass is 329 g/mol. The zero-order valence-corrected chi connectivity index (χ0v) is 13.6. The van der Waals surface area contributed by atoms with E-state index in [4.69, 9.17) is 4.74 Å². The number of likely N-dealkylation sites (tertiary alicyclic amines) is 1. The van der Waals surface area contributed by atoms with Crippen LogP contribution in [-0.2, 0) is 7.05 Å². The first-order chi connectivity index (χ1) is 11.6. The third-order valence-electron chi connectivity index (χ3n) is 5.16. The van der Waals surface area contributed by atoms with Gasteiger partial charge in [0.2, 0.25) is 0 Å². The molecular weight excluding hydrogens is 309 g/mol. The summed E-state index contributed by atoms with van der Waals surface area (Å²) in [7, 11) is 1.81. The van der Waals surface area contributed by atoms with E-state index in [0.29, 0.717) is 29.9 Å². The number of aromatic nitrogens is 2. The van der Waals surface area contributed by atoms with E-state index in [0.717, 1.165) is 19.3 Å². The van der Waals surface area contributed by atoms with Crippen molar-refractivity contribution in [2.24, 2.45) is 13.0 Å². The number of nitrogens with zero attached hydrogens (tertiary/aromatic N) is 3. The fraction of sp³-hybridized carbons (Fsp3) is 0.444. The molecule has 0 spiro atoms. The van der Waals surface area contributed by atoms with Crippen LogP contribution in [-0.4, -0.2) is 39.3 Å². The highest BCUT2D eigenvalue weighted by molar-refractivity contribution is 5.94. The number of hydrogen-bond acceptors (Lipinski definition) is 3. The maximum atomic E-state index is 13.0. The highest BCUT2D eigenvalue weighted by atomic mass is 19.1. The van der Waals surface area contributed by atoms with Crippen LogP contribution in [0.15, 0.2) is 36.7 Å². The highest BCUT2D eigenvalue weighted by Gasteiger charge is 2.48. The molecule has 2 heterocycles. The van der Waals surface area contributed by atoms with Crippen molar-refractivity contribution in [3.63, 3.8) is 0 Å². The summed E-state index contributed by atoms with van der Waals surface area (Å²) < 4.78 is 20.5. The lowest BCUT2D eigenvalue weighted by Crippen LogP contribution is -2.47. The lowest BCUT2D eigenvalue weighted by molar-refractivity contribution is 0.0505. The van der Waals surface area contributed by atoms with Crippen molar-refractivity contribution in [3.05, 3.63) is 48.0 Å². The fourth-order valence-corrected chi connectivity index (χ4v) is 4.02. The summed E-state index contributed by atoms with van der Waals surface area (Å²) >= 11 is 0. The first kappa shape index (κ1) is 15.2. The molecule has 1 amide bonds. The molecule has 0 unspecified atom stereocenters. The number of ether oxygens (including phenoxy) is 1. The molecule has 4 rings (SSSR count). The smallest absolute Gasteiger partial charge is 0.257 e. The number of hydrogen-bond donors (Lipinski definition) is 0. The molecule has 1 aromatic heterocycles. The van der Waals surface area contributed by atoms with Crippen molar-refractivity contribution in [2.45, 2.75) is 31.3 Å². The summed E-state index contributed by atoms with van der Waals surface area (Å²) in [5, 5.41) is 4.10. The van der Waals surface area contributed by atoms with Gasteiger partial charge in [-0.25, -0.2) is 4.39 Å². The normalized spacial score (nSPS) is 25.2. The Morgan fingerprint density at radius 3 is 2.83 bits per heavy atom. The molecule has 126 valence electrons. The number of aryl methyl sites for hydroxylation is 1. The predicted molar refractivity (Wildman–Crippen MR) is 86.2 cm³/mol. The third kappa shape index (κ3) is 2.66. The number of halogens is 1. The lowest BCUT2D eigenvalue weighted by atomic mass is 9.99. The van der Waals surface area contributed by atoms with Crippen LogP contribution in [0.4, 0.5) is 4.39 Å². The molecule has 1 saturated heterocycles. The van der Waals surface area contributed by atoms with Crippen LogP contribution in [0.5, 0.6) is 5.75 Å². The zero-order valence-electron chi connectivity index (χ0n) is 13.6. The van der Waals surface area contributed by atoms with Gasteiger partial charge < -0.3 is 9.64 Å². The van der Waals surface area contributed by atoms with Gasteiger partial charge in [-0.15, -0.1) is 0 Å². The molecular formula is C18H20FN3O2. The molecule has 1 aliphatic carbocycles. The Morgan fingerprint density at radius 2 is 2.12 bits per heavy atom. The van der Waals surface area contributed by atoms with Crippen LogP contribution in [0.1, 0.15) is 29.6 Å². The Balaban J connectivity index is 1.50. The van der Waals surface area contributed by atoms with E-state index in [2.05, 4.69) is 5.10 Å². The predicted octanol–water partition coefficient (Wildman–Crippen LogP) is 2.63. The average Bonchev–Trinajstić information content (AvgIpc) is 3.29. The molecule has 2 bridgehead atoms. The van der Waals surface area contributed by atoms with Crippen molar-refractivity contribution >= 4 is 5.91 Å². The number of carbonyl (C=O) groups is 1. The highest BCUT2D eigenvalue weighted by Crippen LogP contribution is 2.43. The molecule has 5 nitrogen and oxygen atoms in total. The van der Waals surface area contributed by atoms with Gasteiger partial charge in [-0.3, -0.25) is 9.48 Å². The summed E-state index contributed by atoms with van der Waals surface area (Å²) in [6.45, 7) is 0.443. The molecule has 0 N–H and O–H groups in total. The number of piperidine rings is 1. The van der Waals surface area contributed by atoms with Crippen LogP contribution in [0.3, 0.4) is 0 Å². The second kappa shape index (κ2) is 5.92. The van der Waals surface area contributed by atoms with Gasteiger partial charge in [0.15, 0.2) is 0 Å². The first-order valence-corrected chi connectivity index (χ1v) is 8.31. The van der Waals surface area contributed by atoms with E-state index < -0.39 is 0 Å². The SMILES string of the molecule is Cn1cc(C(=O)N2[C@H]3CC[C@H](C3)[C@H]2COc2ccc(F)cc2)cn1. The van der Waals surface area contributed by atoms with Gasteiger partial charge in [-0.2, -0.15) is 5.10 Å². The van der Waals surface area contributed by atoms with Gasteiger partial charge in [0.05, 0.1) is 17.8 Å². The van der Waals surface area contributed by atoms with Gasteiger partial charge in [0.1, 0.15) is 18.2 Å². The Kier molecular flexibility index (Phi) is 3.75. The van der Waals surface area contributed by atoms with Crippen molar-refractivity contribution in [2.75, 3.05) is 6.61 Å². The maximum absolute atomic E-state index is 13.0. The van der Waals surface area contributed by atoms with E-state index in [1.165, 1.54) is 12.1 Å². The number of rotatable bonds is 4. The first-order valence-electron chi connectivity index (χ1n) is 8.31. The topological polar surface area (TPSA) is 47.4 Å². The Labute approximate surface area is 140 Å². The third-order valence-corrected chi connectivity index (χ3v) is 5.16. The molecule has 1 aliphatic heterocycles. The van der Waals surface area contributed by atoms with Gasteiger partial charge in [-0.05, 0) is 49.4 Å². The van der Waals surface area contributed by atoms with Crippen molar-refractivity contribution in [3.8, 4) is 5.75 Å². The minimum absolute atomic E-state index is 0.0306. The van der Waals surface area contributed by atoms with Crippen molar-refractivity contribution < 1.29 is 13.9 Å². The van der Waals surface area contributed by atoms with Gasteiger partial charge >= 0.3 is 0 Å². The van der Waals surface area contributed by atoms with Gasteiger partial charge in [0, 0.05) is 19.3 Å². The molecule has 6 heteroatoms. The zero-order chi connectivity index (χ0) is 16.7. The molecule has 1 saturated carbocycles. The van der Waals surface area contributed by atoms with Gasteiger partial charge in [0.25, 0.3) is 5.91 Å². The number of fused-ring (bicyclic) bond motifs is 2. The van der Waals surface area contributed by atoms with E-state index in [-0.39, 0.29) is 17.8 Å². The standard InChI is InChI=1S/C18H20FN3O2/c1-21-10-13(9-20-21)18(23)22-15-5-2-12(8-15)17(22)11-24-16-6-3-14(19)4-7-16/h3-4,6-7,9-10,12,15,17H,2,5,8,11H2,1H3/t12-,15+,17-/m1/s1. The second-order valence-electron chi connectivity index (χ2n) is 6.67. The van der Waals surface area contributed by atoms with Crippen LogP contribution in [0.25, 0.3) is 0 Å². The minimum Gasteiger partial charge on any atom is -0.491 e. The van der Waals surface area contributed by atoms with E-state index in [9.17, 15) is 9.18 Å². The van der Waals surface area contributed by atoms with Gasteiger partial charge in [-0.1, -0.05) is 0 Å². The molecule has 2 aliphatic rings. The average molecular weight is 329 g/mol. The second-order valence-corrected chi connectivity index (χ2v) is 6.67. The molecule has 2 fully saturated rings. The van der Waals surface area contributed by atoms with Crippen LogP contribution in [0.2, 0.25) is 0 Å². The maximum Gasteiger partial charge on any atom is 0.257 e. The molecule has 0 radical (unpaired) electrons.